The number of ether oxygens (including phenoxy) is 1. The lowest BCUT2D eigenvalue weighted by molar-refractivity contribution is 0.0525. The fraction of sp³-hybridized carbons (Fsp3) is 0.222. The number of aromatic amines is 1. The Bertz CT molecular complexity index is 445. The number of rotatable bonds is 2. The molecule has 1 aromatic rings. The summed E-state index contributed by atoms with van der Waals surface area (Å²) in [7, 11) is 0. The molecule has 1 heterocycles. The van der Waals surface area contributed by atoms with E-state index in [1.165, 1.54) is 6.07 Å². The number of nitrogens with one attached hydrogen (secondary N) is 1. The molecular formula is C9H8N2O2S. The lowest BCUT2D eigenvalue weighted by atomic mass is 10.2. The Morgan fingerprint density at radius 3 is 3.00 bits per heavy atom. The lowest BCUT2D eigenvalue weighted by Crippen LogP contribution is -2.08. The van der Waals surface area contributed by atoms with Crippen LogP contribution in [0.25, 0.3) is 0 Å². The third kappa shape index (κ3) is 2.18. The Hall–Kier alpha value is -1.67. The molecule has 0 saturated heterocycles. The van der Waals surface area contributed by atoms with Gasteiger partial charge >= 0.3 is 5.97 Å². The zero-order valence-corrected chi connectivity index (χ0v) is 8.35. The molecular weight excluding hydrogens is 200 g/mol. The van der Waals surface area contributed by atoms with Crippen LogP contribution in [0, 0.1) is 16.0 Å². The van der Waals surface area contributed by atoms with Gasteiger partial charge in [0.1, 0.15) is 16.4 Å². The van der Waals surface area contributed by atoms with Crippen LogP contribution in [0.4, 0.5) is 0 Å². The van der Waals surface area contributed by atoms with E-state index in [9.17, 15) is 4.79 Å². The minimum Gasteiger partial charge on any atom is -0.462 e. The number of esters is 1. The molecule has 14 heavy (non-hydrogen) atoms. The number of pyridine rings is 1. The molecule has 72 valence electrons. The van der Waals surface area contributed by atoms with Crippen molar-refractivity contribution in [2.45, 2.75) is 6.92 Å². The molecule has 0 aliphatic carbocycles. The van der Waals surface area contributed by atoms with Gasteiger partial charge in [-0.25, -0.2) is 4.79 Å². The van der Waals surface area contributed by atoms with Crippen LogP contribution < -0.4 is 0 Å². The van der Waals surface area contributed by atoms with E-state index >= 15 is 0 Å². The van der Waals surface area contributed by atoms with Crippen molar-refractivity contribution in [2.75, 3.05) is 6.61 Å². The minimum atomic E-state index is -0.518. The molecule has 0 radical (unpaired) electrons. The Balaban J connectivity index is 3.16. The van der Waals surface area contributed by atoms with Gasteiger partial charge in [0, 0.05) is 0 Å². The molecule has 4 nitrogen and oxygen atoms in total. The number of carbonyl (C=O) groups is 1. The van der Waals surface area contributed by atoms with E-state index in [1.54, 1.807) is 13.0 Å². The Morgan fingerprint density at radius 2 is 2.43 bits per heavy atom. The first-order valence-electron chi connectivity index (χ1n) is 3.99. The summed E-state index contributed by atoms with van der Waals surface area (Å²) >= 11 is 4.82. The van der Waals surface area contributed by atoms with Crippen LogP contribution in [0.5, 0.6) is 0 Å². The smallest absolute Gasteiger partial charge is 0.341 e. The second kappa shape index (κ2) is 4.53. The topological polar surface area (TPSA) is 65.9 Å². The van der Waals surface area contributed by atoms with E-state index in [-0.39, 0.29) is 17.9 Å². The zero-order chi connectivity index (χ0) is 10.6. The predicted octanol–water partition coefficient (Wildman–Crippen LogP) is 1.79. The fourth-order valence-electron chi connectivity index (χ4n) is 0.942. The van der Waals surface area contributed by atoms with Crippen LogP contribution >= 0.6 is 12.2 Å². The first-order chi connectivity index (χ1) is 6.69. The molecule has 5 heteroatoms. The summed E-state index contributed by atoms with van der Waals surface area (Å²) in [6.45, 7) is 1.98. The molecule has 1 N–H and O–H groups in total. The minimum absolute atomic E-state index is 0.135. The summed E-state index contributed by atoms with van der Waals surface area (Å²) in [5.41, 5.74) is 0.346. The molecule has 0 spiro atoms. The average molecular weight is 208 g/mol. The van der Waals surface area contributed by atoms with Crippen molar-refractivity contribution >= 4 is 18.2 Å². The van der Waals surface area contributed by atoms with Crippen LogP contribution in [0.15, 0.2) is 12.1 Å². The monoisotopic (exact) mass is 208 g/mol. The highest BCUT2D eigenvalue weighted by Gasteiger charge is 2.11. The predicted molar refractivity (Wildman–Crippen MR) is 52.3 cm³/mol. The first-order valence-corrected chi connectivity index (χ1v) is 4.40. The van der Waals surface area contributed by atoms with Gasteiger partial charge in [0.2, 0.25) is 0 Å². The van der Waals surface area contributed by atoms with E-state index in [4.69, 9.17) is 22.2 Å². The van der Waals surface area contributed by atoms with Gasteiger partial charge in [0.25, 0.3) is 0 Å². The standard InChI is InChI=1S/C9H8N2O2S/c1-2-13-9(12)6-3-4-8(14)11-7(6)5-10/h3-4H,2H2,1H3,(H,11,14). The van der Waals surface area contributed by atoms with Crippen LogP contribution in [-0.4, -0.2) is 17.6 Å². The Labute approximate surface area is 86.1 Å². The van der Waals surface area contributed by atoms with E-state index in [2.05, 4.69) is 4.98 Å². The van der Waals surface area contributed by atoms with E-state index < -0.39 is 5.97 Å². The van der Waals surface area contributed by atoms with Gasteiger partial charge in [-0.15, -0.1) is 0 Å². The molecule has 0 amide bonds. The van der Waals surface area contributed by atoms with Gasteiger partial charge in [-0.05, 0) is 19.1 Å². The van der Waals surface area contributed by atoms with Crippen molar-refractivity contribution in [2.24, 2.45) is 0 Å². The number of carbonyl (C=O) groups excluding carboxylic acids is 1. The maximum absolute atomic E-state index is 11.3. The summed E-state index contributed by atoms with van der Waals surface area (Å²) in [6, 6.07) is 4.88. The third-order valence-electron chi connectivity index (χ3n) is 1.53. The van der Waals surface area contributed by atoms with Crippen molar-refractivity contribution in [1.82, 2.24) is 4.98 Å². The van der Waals surface area contributed by atoms with Crippen LogP contribution in [0.3, 0.4) is 0 Å². The highest BCUT2D eigenvalue weighted by atomic mass is 32.1. The summed E-state index contributed by atoms with van der Waals surface area (Å²) in [6.07, 6.45) is 0. The summed E-state index contributed by atoms with van der Waals surface area (Å²) in [4.78, 5) is 13.9. The van der Waals surface area contributed by atoms with Crippen molar-refractivity contribution in [3.05, 3.63) is 28.0 Å². The van der Waals surface area contributed by atoms with Crippen molar-refractivity contribution < 1.29 is 9.53 Å². The van der Waals surface area contributed by atoms with Crippen LogP contribution in [-0.2, 0) is 4.74 Å². The van der Waals surface area contributed by atoms with Crippen LogP contribution in [0.1, 0.15) is 23.0 Å². The number of aromatic nitrogens is 1. The molecule has 0 aliphatic rings. The molecule has 0 aromatic carbocycles. The first kappa shape index (κ1) is 10.4. The van der Waals surface area contributed by atoms with E-state index in [0.717, 1.165) is 0 Å². The zero-order valence-electron chi connectivity index (χ0n) is 7.53. The molecule has 1 rings (SSSR count). The highest BCUT2D eigenvalue weighted by molar-refractivity contribution is 7.71. The number of hydrogen-bond donors (Lipinski definition) is 1. The van der Waals surface area contributed by atoms with Gasteiger partial charge in [-0.1, -0.05) is 12.2 Å². The number of nitrogens with zero attached hydrogens (tertiary/aromatic N) is 1. The molecule has 0 bridgehead atoms. The van der Waals surface area contributed by atoms with Crippen molar-refractivity contribution in [1.29, 1.82) is 5.26 Å². The number of H-pyrrole nitrogens is 1. The van der Waals surface area contributed by atoms with Gasteiger partial charge in [-0.3, -0.25) is 0 Å². The second-order valence-corrected chi connectivity index (χ2v) is 2.88. The van der Waals surface area contributed by atoms with Gasteiger partial charge in [-0.2, -0.15) is 5.26 Å². The quantitative estimate of drug-likeness (QED) is 0.594. The SMILES string of the molecule is CCOC(=O)c1ccc(=S)[nH]c1C#N. The number of hydrogen-bond acceptors (Lipinski definition) is 4. The maximum Gasteiger partial charge on any atom is 0.341 e. The maximum atomic E-state index is 11.3. The van der Waals surface area contributed by atoms with Crippen molar-refractivity contribution in [3.63, 3.8) is 0 Å². The van der Waals surface area contributed by atoms with Gasteiger partial charge in [0.15, 0.2) is 0 Å². The molecule has 0 atom stereocenters. The van der Waals surface area contributed by atoms with Gasteiger partial charge < -0.3 is 9.72 Å². The molecule has 0 saturated carbocycles. The normalized spacial score (nSPS) is 9.14. The summed E-state index contributed by atoms with van der Waals surface area (Å²) in [5, 5.41) is 8.72. The third-order valence-corrected chi connectivity index (χ3v) is 1.76. The van der Waals surface area contributed by atoms with Gasteiger partial charge in [0.05, 0.1) is 12.2 Å². The lowest BCUT2D eigenvalue weighted by Gasteiger charge is -2.02. The highest BCUT2D eigenvalue weighted by Crippen LogP contribution is 2.06. The van der Waals surface area contributed by atoms with Crippen molar-refractivity contribution in [3.8, 4) is 6.07 Å². The molecule has 0 aliphatic heterocycles. The van der Waals surface area contributed by atoms with E-state index in [0.29, 0.717) is 4.64 Å². The Morgan fingerprint density at radius 1 is 1.71 bits per heavy atom. The summed E-state index contributed by atoms with van der Waals surface area (Å²) in [5.74, 6) is -0.518. The largest absolute Gasteiger partial charge is 0.462 e. The average Bonchev–Trinajstić information content (AvgIpc) is 2.17. The van der Waals surface area contributed by atoms with Crippen LogP contribution in [0.2, 0.25) is 0 Å². The fourth-order valence-corrected chi connectivity index (χ4v) is 1.11. The Kier molecular flexibility index (Phi) is 3.37. The molecule has 0 fully saturated rings. The molecule has 1 aromatic heterocycles. The second-order valence-electron chi connectivity index (χ2n) is 2.44. The molecule has 0 unspecified atom stereocenters. The van der Waals surface area contributed by atoms with E-state index in [1.807, 2.05) is 6.07 Å². The number of nitriles is 1. The summed E-state index contributed by atoms with van der Waals surface area (Å²) < 4.78 is 5.18.